The van der Waals surface area contributed by atoms with Crippen LogP contribution in [0, 0.1) is 0 Å². The van der Waals surface area contributed by atoms with E-state index in [1.807, 2.05) is 24.3 Å². The first kappa shape index (κ1) is 22.6. The second-order valence-electron chi connectivity index (χ2n) is 8.40. The van der Waals surface area contributed by atoms with Crippen LogP contribution in [0.1, 0.15) is 43.2 Å². The smallest absolute Gasteiger partial charge is 0.244 e. The molecular formula is C24H30N2O5S. The first-order chi connectivity index (χ1) is 15.4. The quantitative estimate of drug-likeness (QED) is 0.718. The number of hydrogen-bond donors (Lipinski definition) is 1. The zero-order chi connectivity index (χ0) is 22.7. The second kappa shape index (κ2) is 9.50. The molecule has 0 unspecified atom stereocenters. The highest BCUT2D eigenvalue weighted by Crippen LogP contribution is 2.34. The van der Waals surface area contributed by atoms with Crippen LogP contribution in [0.3, 0.4) is 0 Å². The third-order valence-corrected chi connectivity index (χ3v) is 8.27. The summed E-state index contributed by atoms with van der Waals surface area (Å²) in [5.41, 5.74) is 1.92. The van der Waals surface area contributed by atoms with Gasteiger partial charge in [-0.3, -0.25) is 4.79 Å². The van der Waals surface area contributed by atoms with E-state index >= 15 is 0 Å². The van der Waals surface area contributed by atoms with Gasteiger partial charge >= 0.3 is 0 Å². The molecule has 0 saturated heterocycles. The number of nitrogens with one attached hydrogen (secondary N) is 1. The summed E-state index contributed by atoms with van der Waals surface area (Å²) < 4.78 is 39.3. The Kier molecular flexibility index (Phi) is 6.71. The van der Waals surface area contributed by atoms with E-state index in [2.05, 4.69) is 5.32 Å². The molecule has 1 saturated carbocycles. The van der Waals surface area contributed by atoms with Crippen molar-refractivity contribution in [1.29, 1.82) is 0 Å². The molecule has 172 valence electrons. The van der Waals surface area contributed by atoms with Gasteiger partial charge in [-0.15, -0.1) is 0 Å². The minimum Gasteiger partial charge on any atom is -0.493 e. The van der Waals surface area contributed by atoms with E-state index in [4.69, 9.17) is 9.47 Å². The zero-order valence-electron chi connectivity index (χ0n) is 18.5. The monoisotopic (exact) mass is 458 g/mol. The van der Waals surface area contributed by atoms with Crippen molar-refractivity contribution >= 4 is 15.9 Å². The van der Waals surface area contributed by atoms with Gasteiger partial charge in [0.05, 0.1) is 19.1 Å². The molecule has 0 aromatic heterocycles. The highest BCUT2D eigenvalue weighted by Gasteiger charge is 2.40. The molecule has 8 heteroatoms. The first-order valence-corrected chi connectivity index (χ1v) is 12.5. The van der Waals surface area contributed by atoms with E-state index in [1.54, 1.807) is 6.07 Å². The number of benzene rings is 2. The maximum Gasteiger partial charge on any atom is 0.244 e. The fourth-order valence-electron chi connectivity index (χ4n) is 4.63. The Morgan fingerprint density at radius 1 is 0.969 bits per heavy atom. The molecule has 1 aliphatic heterocycles. The Labute approximate surface area is 189 Å². The Hall–Kier alpha value is -2.58. The van der Waals surface area contributed by atoms with Crippen LogP contribution in [-0.4, -0.2) is 44.9 Å². The van der Waals surface area contributed by atoms with Crippen molar-refractivity contribution in [3.8, 4) is 11.5 Å². The Morgan fingerprint density at radius 2 is 1.66 bits per heavy atom. The van der Waals surface area contributed by atoms with E-state index in [9.17, 15) is 13.2 Å². The highest BCUT2D eigenvalue weighted by molar-refractivity contribution is 7.89. The van der Waals surface area contributed by atoms with Crippen molar-refractivity contribution in [3.63, 3.8) is 0 Å². The predicted molar refractivity (Wildman–Crippen MR) is 121 cm³/mol. The van der Waals surface area contributed by atoms with Gasteiger partial charge in [-0.25, -0.2) is 8.42 Å². The van der Waals surface area contributed by atoms with E-state index < -0.39 is 16.1 Å². The number of ether oxygens (including phenoxy) is 2. The number of rotatable bonds is 6. The number of amides is 1. The topological polar surface area (TPSA) is 84.9 Å². The number of fused-ring (bicyclic) bond motifs is 1. The van der Waals surface area contributed by atoms with Gasteiger partial charge in [-0.1, -0.05) is 43.5 Å². The minimum absolute atomic E-state index is 0.0741. The van der Waals surface area contributed by atoms with E-state index in [1.165, 1.54) is 37.1 Å². The van der Waals surface area contributed by atoms with Crippen molar-refractivity contribution in [2.24, 2.45) is 0 Å². The van der Waals surface area contributed by atoms with Crippen LogP contribution >= 0.6 is 0 Å². The number of hydrogen-bond acceptors (Lipinski definition) is 5. The lowest BCUT2D eigenvalue weighted by atomic mass is 9.93. The molecule has 2 aliphatic rings. The molecule has 1 fully saturated rings. The van der Waals surface area contributed by atoms with Gasteiger partial charge < -0.3 is 14.8 Å². The van der Waals surface area contributed by atoms with Gasteiger partial charge in [0.15, 0.2) is 11.5 Å². The lowest BCUT2D eigenvalue weighted by Crippen LogP contribution is -2.54. The third kappa shape index (κ3) is 4.47. The van der Waals surface area contributed by atoms with E-state index in [0.717, 1.165) is 36.8 Å². The van der Waals surface area contributed by atoms with Crippen LogP contribution in [0.15, 0.2) is 47.4 Å². The largest absolute Gasteiger partial charge is 0.493 e. The zero-order valence-corrected chi connectivity index (χ0v) is 19.4. The number of carbonyl (C=O) groups excluding carboxylic acids is 1. The lowest BCUT2D eigenvalue weighted by Gasteiger charge is -2.36. The number of nitrogens with zero attached hydrogens (tertiary/aromatic N) is 1. The van der Waals surface area contributed by atoms with Crippen molar-refractivity contribution in [2.45, 2.75) is 62.0 Å². The standard InChI is InChI=1S/C24H30N2O5S/c1-30-22-13-12-20(15-23(22)31-2)32(28,29)26-16-18-9-7-6-8-17(18)14-21(26)24(27)25-19-10-4-3-5-11-19/h6-9,12-13,15,19,21H,3-5,10-11,14,16H2,1-2H3,(H,25,27)/t21-/m0/s1. The van der Waals surface area contributed by atoms with Crippen LogP contribution in [0.4, 0.5) is 0 Å². The molecular weight excluding hydrogens is 428 g/mol. The second-order valence-corrected chi connectivity index (χ2v) is 10.3. The van der Waals surface area contributed by atoms with Crippen molar-refractivity contribution in [2.75, 3.05) is 14.2 Å². The number of sulfonamides is 1. The number of carbonyl (C=O) groups is 1. The van der Waals surface area contributed by atoms with E-state index in [0.29, 0.717) is 17.9 Å². The SMILES string of the molecule is COc1ccc(S(=O)(=O)N2Cc3ccccc3C[C@H]2C(=O)NC2CCCCC2)cc1OC. The molecule has 0 bridgehead atoms. The lowest BCUT2D eigenvalue weighted by molar-refractivity contribution is -0.126. The average Bonchev–Trinajstić information content (AvgIpc) is 2.83. The molecule has 2 aromatic rings. The Bertz CT molecular complexity index is 1080. The highest BCUT2D eigenvalue weighted by atomic mass is 32.2. The predicted octanol–water partition coefficient (Wildman–Crippen LogP) is 3.27. The molecule has 1 heterocycles. The van der Waals surface area contributed by atoms with Crippen LogP contribution in [-0.2, 0) is 27.8 Å². The van der Waals surface area contributed by atoms with Crippen molar-refractivity contribution < 1.29 is 22.7 Å². The molecule has 1 atom stereocenters. The van der Waals surface area contributed by atoms with Crippen molar-refractivity contribution in [3.05, 3.63) is 53.6 Å². The van der Waals surface area contributed by atoms with Crippen LogP contribution in [0.5, 0.6) is 11.5 Å². The van der Waals surface area contributed by atoms with Gasteiger partial charge in [0.25, 0.3) is 0 Å². The van der Waals surface area contributed by atoms with Crippen molar-refractivity contribution in [1.82, 2.24) is 9.62 Å². The minimum atomic E-state index is -3.96. The van der Waals surface area contributed by atoms with Crippen LogP contribution < -0.4 is 14.8 Å². The van der Waals surface area contributed by atoms with Gasteiger partial charge in [0.2, 0.25) is 15.9 Å². The summed E-state index contributed by atoms with van der Waals surface area (Å²) in [4.78, 5) is 13.4. The summed E-state index contributed by atoms with van der Waals surface area (Å²) in [7, 11) is -0.997. The third-order valence-electron chi connectivity index (χ3n) is 6.42. The molecule has 4 rings (SSSR count). The molecule has 0 radical (unpaired) electrons. The average molecular weight is 459 g/mol. The summed E-state index contributed by atoms with van der Waals surface area (Å²) >= 11 is 0. The summed E-state index contributed by atoms with van der Waals surface area (Å²) in [6, 6.07) is 11.5. The van der Waals surface area contributed by atoms with Gasteiger partial charge in [-0.2, -0.15) is 4.31 Å². The fraction of sp³-hybridized carbons (Fsp3) is 0.458. The van der Waals surface area contributed by atoms with Gasteiger partial charge in [-0.05, 0) is 42.5 Å². The van der Waals surface area contributed by atoms with Gasteiger partial charge in [0, 0.05) is 18.7 Å². The fourth-order valence-corrected chi connectivity index (χ4v) is 6.21. The van der Waals surface area contributed by atoms with E-state index in [-0.39, 0.29) is 23.4 Å². The Balaban J connectivity index is 1.68. The summed E-state index contributed by atoms with van der Waals surface area (Å²) in [6.07, 6.45) is 5.59. The number of methoxy groups -OCH3 is 2. The molecule has 1 aliphatic carbocycles. The molecule has 1 N–H and O–H groups in total. The maximum absolute atomic E-state index is 13.7. The van der Waals surface area contributed by atoms with Crippen LogP contribution in [0.25, 0.3) is 0 Å². The summed E-state index contributed by atoms with van der Waals surface area (Å²) in [6.45, 7) is 0.148. The first-order valence-electron chi connectivity index (χ1n) is 11.0. The molecule has 2 aromatic carbocycles. The normalized spacial score (nSPS) is 19.8. The Morgan fingerprint density at radius 3 is 2.34 bits per heavy atom. The van der Waals surface area contributed by atoms with Crippen LogP contribution in [0.2, 0.25) is 0 Å². The molecule has 1 amide bonds. The maximum atomic E-state index is 13.7. The molecule has 32 heavy (non-hydrogen) atoms. The summed E-state index contributed by atoms with van der Waals surface area (Å²) in [5, 5.41) is 3.12. The summed E-state index contributed by atoms with van der Waals surface area (Å²) in [5.74, 6) is 0.548. The van der Waals surface area contributed by atoms with Gasteiger partial charge in [0.1, 0.15) is 6.04 Å². The molecule has 0 spiro atoms. The molecule has 7 nitrogen and oxygen atoms in total.